The Hall–Kier alpha value is -1.95. The van der Waals surface area contributed by atoms with Crippen molar-refractivity contribution in [1.82, 2.24) is 4.98 Å². The first-order valence-corrected chi connectivity index (χ1v) is 7.88. The molecule has 0 spiro atoms. The summed E-state index contributed by atoms with van der Waals surface area (Å²) in [7, 11) is 0. The van der Waals surface area contributed by atoms with Gasteiger partial charge in [-0.3, -0.25) is 10.1 Å². The molecule has 0 fully saturated rings. The van der Waals surface area contributed by atoms with Crippen LogP contribution in [0.3, 0.4) is 0 Å². The molecule has 1 aromatic heterocycles. The van der Waals surface area contributed by atoms with E-state index in [-0.39, 0.29) is 11.7 Å². The highest BCUT2D eigenvalue weighted by Crippen LogP contribution is 2.29. The number of nitrogens with zero attached hydrogens (tertiary/aromatic N) is 1. The van der Waals surface area contributed by atoms with E-state index in [2.05, 4.69) is 10.3 Å². The summed E-state index contributed by atoms with van der Waals surface area (Å²) < 4.78 is 6.13. The van der Waals surface area contributed by atoms with E-state index in [0.717, 1.165) is 15.8 Å². The van der Waals surface area contributed by atoms with Gasteiger partial charge >= 0.3 is 6.09 Å². The Morgan fingerprint density at radius 3 is 2.59 bits per heavy atom. The fourth-order valence-electron chi connectivity index (χ4n) is 1.89. The van der Waals surface area contributed by atoms with Gasteiger partial charge in [0.2, 0.25) is 0 Å². The molecule has 1 unspecified atom stereocenters. The number of anilines is 1. The van der Waals surface area contributed by atoms with Crippen LogP contribution in [0.2, 0.25) is 0 Å². The first-order chi connectivity index (χ1) is 10.2. The highest BCUT2D eigenvalue weighted by molar-refractivity contribution is 7.22. The number of amides is 1. The zero-order valence-electron chi connectivity index (χ0n) is 13.4. The fourth-order valence-corrected chi connectivity index (χ4v) is 2.79. The van der Waals surface area contributed by atoms with Crippen LogP contribution >= 0.6 is 11.3 Å². The van der Waals surface area contributed by atoms with Crippen molar-refractivity contribution in [2.75, 3.05) is 5.32 Å². The Bertz CT molecular complexity index is 716. The summed E-state index contributed by atoms with van der Waals surface area (Å²) >= 11 is 1.36. The van der Waals surface area contributed by atoms with Gasteiger partial charge in [0.25, 0.3) is 0 Å². The lowest BCUT2D eigenvalue weighted by Crippen LogP contribution is -2.27. The monoisotopic (exact) mass is 320 g/mol. The minimum absolute atomic E-state index is 0.121. The number of benzene rings is 1. The predicted molar refractivity (Wildman–Crippen MR) is 88.6 cm³/mol. The lowest BCUT2D eigenvalue weighted by atomic mass is 9.98. The maximum atomic E-state index is 11.8. The number of rotatable bonds is 3. The number of fused-ring (bicyclic) bond motifs is 1. The van der Waals surface area contributed by atoms with E-state index in [9.17, 15) is 9.59 Å². The standard InChI is InChI=1S/C16H20N2O3S/c1-9(10(2)19)11-6-7-12-13(8-11)22-14(17-12)18-15(20)21-16(3,4)5/h6-9H,1-5H3,(H,17,18,20). The number of carbonyl (C=O) groups is 2. The number of ketones is 1. The minimum Gasteiger partial charge on any atom is -0.444 e. The van der Waals surface area contributed by atoms with E-state index < -0.39 is 11.7 Å². The quantitative estimate of drug-likeness (QED) is 0.913. The van der Waals surface area contributed by atoms with Crippen LogP contribution in [0, 0.1) is 0 Å². The van der Waals surface area contributed by atoms with E-state index >= 15 is 0 Å². The predicted octanol–water partition coefficient (Wildman–Crippen LogP) is 4.34. The van der Waals surface area contributed by atoms with E-state index in [1.54, 1.807) is 27.7 Å². The molecule has 1 aromatic carbocycles. The number of ether oxygens (including phenoxy) is 1. The van der Waals surface area contributed by atoms with Gasteiger partial charge in [-0.05, 0) is 45.4 Å². The van der Waals surface area contributed by atoms with Crippen molar-refractivity contribution in [3.05, 3.63) is 23.8 Å². The van der Waals surface area contributed by atoms with E-state index in [0.29, 0.717) is 5.13 Å². The molecule has 0 saturated carbocycles. The summed E-state index contributed by atoms with van der Waals surface area (Å²) in [6.07, 6.45) is -0.524. The van der Waals surface area contributed by atoms with E-state index in [4.69, 9.17) is 4.74 Å². The highest BCUT2D eigenvalue weighted by atomic mass is 32.1. The SMILES string of the molecule is CC(=O)C(C)c1ccc2nc(NC(=O)OC(C)(C)C)sc2c1. The summed E-state index contributed by atoms with van der Waals surface area (Å²) in [4.78, 5) is 27.6. The van der Waals surface area contributed by atoms with E-state index in [1.807, 2.05) is 25.1 Å². The first kappa shape index (κ1) is 16.4. The van der Waals surface area contributed by atoms with Crippen LogP contribution in [-0.4, -0.2) is 22.5 Å². The van der Waals surface area contributed by atoms with Crippen LogP contribution in [0.15, 0.2) is 18.2 Å². The van der Waals surface area contributed by atoms with Gasteiger partial charge in [-0.25, -0.2) is 9.78 Å². The number of hydrogen-bond donors (Lipinski definition) is 1. The van der Waals surface area contributed by atoms with Crippen molar-refractivity contribution in [3.8, 4) is 0 Å². The summed E-state index contributed by atoms with van der Waals surface area (Å²) in [6.45, 7) is 8.88. The van der Waals surface area contributed by atoms with Crippen LogP contribution < -0.4 is 5.32 Å². The lowest BCUT2D eigenvalue weighted by molar-refractivity contribution is -0.118. The van der Waals surface area contributed by atoms with Crippen LogP contribution in [0.4, 0.5) is 9.93 Å². The Balaban J connectivity index is 2.20. The number of hydrogen-bond acceptors (Lipinski definition) is 5. The number of aromatic nitrogens is 1. The molecule has 0 aliphatic rings. The summed E-state index contributed by atoms with van der Waals surface area (Å²) in [6, 6.07) is 5.70. The Labute approximate surface area is 133 Å². The maximum absolute atomic E-state index is 11.8. The average Bonchev–Trinajstić information content (AvgIpc) is 2.75. The molecule has 0 bridgehead atoms. The molecule has 0 saturated heterocycles. The van der Waals surface area contributed by atoms with Crippen molar-refractivity contribution >= 4 is 38.6 Å². The molecule has 1 amide bonds. The summed E-state index contributed by atoms with van der Waals surface area (Å²) in [5.41, 5.74) is 1.19. The zero-order chi connectivity index (χ0) is 16.5. The second kappa shape index (κ2) is 6.04. The molecular formula is C16H20N2O3S. The van der Waals surface area contributed by atoms with Gasteiger partial charge < -0.3 is 4.74 Å². The minimum atomic E-state index is -0.551. The third kappa shape index (κ3) is 4.04. The largest absolute Gasteiger partial charge is 0.444 e. The van der Waals surface area contributed by atoms with Crippen LogP contribution in [0.5, 0.6) is 0 Å². The van der Waals surface area contributed by atoms with Crippen molar-refractivity contribution in [1.29, 1.82) is 0 Å². The van der Waals surface area contributed by atoms with Gasteiger partial charge in [-0.15, -0.1) is 0 Å². The average molecular weight is 320 g/mol. The molecule has 6 heteroatoms. The number of carbonyl (C=O) groups excluding carboxylic acids is 2. The molecule has 0 aliphatic heterocycles. The molecule has 5 nitrogen and oxygen atoms in total. The molecule has 1 atom stereocenters. The van der Waals surface area contributed by atoms with Gasteiger partial charge in [0.1, 0.15) is 11.4 Å². The smallest absolute Gasteiger partial charge is 0.413 e. The Morgan fingerprint density at radius 1 is 1.32 bits per heavy atom. The van der Waals surface area contributed by atoms with Crippen LogP contribution in [0.25, 0.3) is 10.2 Å². The molecule has 1 N–H and O–H groups in total. The molecule has 0 aliphatic carbocycles. The highest BCUT2D eigenvalue weighted by Gasteiger charge is 2.18. The lowest BCUT2D eigenvalue weighted by Gasteiger charge is -2.18. The maximum Gasteiger partial charge on any atom is 0.413 e. The zero-order valence-corrected chi connectivity index (χ0v) is 14.2. The number of Topliss-reactive ketones (excluding diaryl/α,β-unsaturated/α-hetero) is 1. The van der Waals surface area contributed by atoms with Crippen molar-refractivity contribution in [3.63, 3.8) is 0 Å². The molecule has 0 radical (unpaired) electrons. The molecular weight excluding hydrogens is 300 g/mol. The second-order valence-corrected chi connectivity index (χ2v) is 7.24. The number of thiazole rings is 1. The van der Waals surface area contributed by atoms with Crippen molar-refractivity contribution in [2.24, 2.45) is 0 Å². The molecule has 2 rings (SSSR count). The number of nitrogens with one attached hydrogen (secondary N) is 1. The Morgan fingerprint density at radius 2 is 2.00 bits per heavy atom. The molecule has 2 aromatic rings. The normalized spacial score (nSPS) is 13.0. The van der Waals surface area contributed by atoms with E-state index in [1.165, 1.54) is 11.3 Å². The van der Waals surface area contributed by atoms with Gasteiger partial charge in [0.05, 0.1) is 10.2 Å². The van der Waals surface area contributed by atoms with Gasteiger partial charge in [-0.2, -0.15) is 0 Å². The molecule has 22 heavy (non-hydrogen) atoms. The second-order valence-electron chi connectivity index (χ2n) is 6.21. The van der Waals surface area contributed by atoms with Gasteiger partial charge in [0, 0.05) is 5.92 Å². The van der Waals surface area contributed by atoms with Crippen molar-refractivity contribution in [2.45, 2.75) is 46.1 Å². The molecule has 1 heterocycles. The first-order valence-electron chi connectivity index (χ1n) is 7.06. The topological polar surface area (TPSA) is 68.3 Å². The van der Waals surface area contributed by atoms with Crippen LogP contribution in [0.1, 0.15) is 46.1 Å². The Kier molecular flexibility index (Phi) is 4.51. The van der Waals surface area contributed by atoms with Gasteiger partial charge in [-0.1, -0.05) is 24.3 Å². The van der Waals surface area contributed by atoms with Crippen LogP contribution in [-0.2, 0) is 9.53 Å². The van der Waals surface area contributed by atoms with Gasteiger partial charge in [0.15, 0.2) is 5.13 Å². The fraction of sp³-hybridized carbons (Fsp3) is 0.438. The summed E-state index contributed by atoms with van der Waals surface area (Å²) in [5.74, 6) is -0.0234. The third-order valence-corrected chi connectivity index (χ3v) is 4.06. The third-order valence-electron chi connectivity index (χ3n) is 3.13. The van der Waals surface area contributed by atoms with Crippen molar-refractivity contribution < 1.29 is 14.3 Å². The molecule has 118 valence electrons. The summed E-state index contributed by atoms with van der Waals surface area (Å²) in [5, 5.41) is 3.12.